The number of carbonyl (C=O) groups is 2. The summed E-state index contributed by atoms with van der Waals surface area (Å²) in [5, 5.41) is 12.6. The van der Waals surface area contributed by atoms with Gasteiger partial charge >= 0.3 is 0 Å². The van der Waals surface area contributed by atoms with Crippen LogP contribution in [0.15, 0.2) is 83.8 Å². The molecule has 214 valence electrons. The van der Waals surface area contributed by atoms with Crippen LogP contribution in [0, 0.1) is 0 Å². The van der Waals surface area contributed by atoms with Gasteiger partial charge in [0.2, 0.25) is 21.8 Å². The molecule has 0 bridgehead atoms. The van der Waals surface area contributed by atoms with Gasteiger partial charge in [0, 0.05) is 44.1 Å². The van der Waals surface area contributed by atoms with Gasteiger partial charge in [-0.05, 0) is 53.8 Å². The van der Waals surface area contributed by atoms with Crippen molar-refractivity contribution in [1.29, 1.82) is 0 Å². The summed E-state index contributed by atoms with van der Waals surface area (Å²) in [5.74, 6) is -0.505. The van der Waals surface area contributed by atoms with Crippen molar-refractivity contribution in [3.8, 4) is 0 Å². The number of benzene rings is 3. The lowest BCUT2D eigenvalue weighted by Crippen LogP contribution is -2.50. The van der Waals surface area contributed by atoms with Gasteiger partial charge in [-0.25, -0.2) is 13.1 Å². The summed E-state index contributed by atoms with van der Waals surface area (Å²) in [6.07, 6.45) is 1.24. The standard InChI is InChI=1S/C30H36ClN3O5S/c1-2-33-40(38,39)27-16-11-23(12-17-27)13-18-29(36)34(22-25-9-14-26(31)15-10-25)28(30(37)32-19-6-20-35)21-24-7-4-3-5-8-24/h3-5,7-12,14-17,28,33,35H,2,6,13,18-22H2,1H3,(H,32,37)/t28-/m0/s1. The number of hydrogen-bond donors (Lipinski definition) is 3. The molecule has 8 nitrogen and oxygen atoms in total. The second-order valence-electron chi connectivity index (χ2n) is 9.37. The number of carbonyl (C=O) groups excluding carboxylic acids is 2. The van der Waals surface area contributed by atoms with Crippen LogP contribution < -0.4 is 10.0 Å². The number of aryl methyl sites for hydroxylation is 1. The zero-order valence-electron chi connectivity index (χ0n) is 22.6. The fourth-order valence-electron chi connectivity index (χ4n) is 4.25. The normalized spacial score (nSPS) is 12.1. The average molecular weight is 586 g/mol. The van der Waals surface area contributed by atoms with Crippen LogP contribution in [0.25, 0.3) is 0 Å². The molecule has 0 radical (unpaired) electrons. The molecule has 0 aromatic heterocycles. The van der Waals surface area contributed by atoms with E-state index in [1.807, 2.05) is 42.5 Å². The van der Waals surface area contributed by atoms with Crippen LogP contribution in [0.3, 0.4) is 0 Å². The summed E-state index contributed by atoms with van der Waals surface area (Å²) in [5.41, 5.74) is 2.55. The lowest BCUT2D eigenvalue weighted by Gasteiger charge is -2.31. The molecule has 3 aromatic carbocycles. The zero-order valence-corrected chi connectivity index (χ0v) is 24.1. The number of rotatable bonds is 15. The Morgan fingerprint density at radius 2 is 1.57 bits per heavy atom. The van der Waals surface area contributed by atoms with Crippen molar-refractivity contribution >= 4 is 33.4 Å². The molecule has 0 heterocycles. The predicted octanol–water partition coefficient (Wildman–Crippen LogP) is 3.71. The van der Waals surface area contributed by atoms with Crippen LogP contribution in [-0.4, -0.2) is 56.0 Å². The largest absolute Gasteiger partial charge is 0.396 e. The van der Waals surface area contributed by atoms with Gasteiger partial charge in [0.1, 0.15) is 6.04 Å². The molecule has 3 rings (SSSR count). The van der Waals surface area contributed by atoms with Crippen molar-refractivity contribution in [3.05, 3.63) is 101 Å². The van der Waals surface area contributed by atoms with E-state index < -0.39 is 16.1 Å². The first-order valence-electron chi connectivity index (χ1n) is 13.3. The second kappa shape index (κ2) is 15.5. The van der Waals surface area contributed by atoms with Crippen LogP contribution in [0.5, 0.6) is 0 Å². The molecule has 3 aromatic rings. The first kappa shape index (κ1) is 31.3. The van der Waals surface area contributed by atoms with Gasteiger partial charge in [-0.1, -0.05) is 73.1 Å². The Morgan fingerprint density at radius 3 is 2.20 bits per heavy atom. The minimum absolute atomic E-state index is 0.0500. The molecule has 0 aliphatic carbocycles. The van der Waals surface area contributed by atoms with Crippen molar-refractivity contribution in [3.63, 3.8) is 0 Å². The number of sulfonamides is 1. The Morgan fingerprint density at radius 1 is 0.925 bits per heavy atom. The quantitative estimate of drug-likeness (QED) is 0.235. The lowest BCUT2D eigenvalue weighted by molar-refractivity contribution is -0.141. The number of nitrogens with one attached hydrogen (secondary N) is 2. The summed E-state index contributed by atoms with van der Waals surface area (Å²) < 4.78 is 27.0. The van der Waals surface area contributed by atoms with E-state index in [1.165, 1.54) is 12.1 Å². The minimum atomic E-state index is -3.56. The van der Waals surface area contributed by atoms with Crippen molar-refractivity contribution in [2.24, 2.45) is 0 Å². The van der Waals surface area contributed by atoms with Crippen molar-refractivity contribution in [2.75, 3.05) is 19.7 Å². The predicted molar refractivity (Wildman–Crippen MR) is 156 cm³/mol. The van der Waals surface area contributed by atoms with Crippen LogP contribution in [0.2, 0.25) is 5.02 Å². The first-order chi connectivity index (χ1) is 19.2. The molecule has 10 heteroatoms. The van der Waals surface area contributed by atoms with Crippen LogP contribution in [0.1, 0.15) is 36.5 Å². The summed E-state index contributed by atoms with van der Waals surface area (Å²) in [6, 6.07) is 22.3. The molecule has 0 unspecified atom stereocenters. The van der Waals surface area contributed by atoms with Crippen molar-refractivity contribution in [1.82, 2.24) is 14.9 Å². The van der Waals surface area contributed by atoms with Gasteiger partial charge in [-0.2, -0.15) is 0 Å². The Bertz CT molecular complexity index is 1330. The second-order valence-corrected chi connectivity index (χ2v) is 11.6. The topological polar surface area (TPSA) is 116 Å². The Kier molecular flexibility index (Phi) is 12.1. The molecule has 0 saturated carbocycles. The molecule has 0 spiro atoms. The smallest absolute Gasteiger partial charge is 0.243 e. The van der Waals surface area contributed by atoms with E-state index >= 15 is 0 Å². The third kappa shape index (κ3) is 9.45. The van der Waals surface area contributed by atoms with Crippen molar-refractivity contribution in [2.45, 2.75) is 50.1 Å². The molecule has 0 saturated heterocycles. The summed E-state index contributed by atoms with van der Waals surface area (Å²) >= 11 is 6.07. The van der Waals surface area contributed by atoms with E-state index in [-0.39, 0.29) is 36.3 Å². The maximum Gasteiger partial charge on any atom is 0.243 e. The molecule has 3 N–H and O–H groups in total. The monoisotopic (exact) mass is 585 g/mol. The highest BCUT2D eigenvalue weighted by atomic mass is 35.5. The molecule has 0 fully saturated rings. The van der Waals surface area contributed by atoms with Crippen LogP contribution in [0.4, 0.5) is 0 Å². The van der Waals surface area contributed by atoms with E-state index in [4.69, 9.17) is 11.6 Å². The van der Waals surface area contributed by atoms with E-state index in [0.29, 0.717) is 37.4 Å². The fourth-order valence-corrected chi connectivity index (χ4v) is 5.42. The molecule has 0 aliphatic rings. The van der Waals surface area contributed by atoms with Crippen LogP contribution >= 0.6 is 11.6 Å². The highest BCUT2D eigenvalue weighted by molar-refractivity contribution is 7.89. The van der Waals surface area contributed by atoms with Crippen molar-refractivity contribution < 1.29 is 23.1 Å². The third-order valence-electron chi connectivity index (χ3n) is 6.37. The van der Waals surface area contributed by atoms with E-state index in [2.05, 4.69) is 10.0 Å². The maximum absolute atomic E-state index is 13.7. The van der Waals surface area contributed by atoms with E-state index in [0.717, 1.165) is 16.7 Å². The zero-order chi connectivity index (χ0) is 29.0. The van der Waals surface area contributed by atoms with Gasteiger partial charge in [-0.3, -0.25) is 9.59 Å². The molecular weight excluding hydrogens is 550 g/mol. The number of aliphatic hydroxyl groups excluding tert-OH is 1. The molecule has 0 aliphatic heterocycles. The SMILES string of the molecule is CCNS(=O)(=O)c1ccc(CCC(=O)N(Cc2ccc(Cl)cc2)[C@@H](Cc2ccccc2)C(=O)NCCCO)cc1. The van der Waals surface area contributed by atoms with Gasteiger partial charge in [-0.15, -0.1) is 0 Å². The van der Waals surface area contributed by atoms with E-state index in [9.17, 15) is 23.1 Å². The van der Waals surface area contributed by atoms with Gasteiger partial charge in [0.15, 0.2) is 0 Å². The highest BCUT2D eigenvalue weighted by Gasteiger charge is 2.30. The van der Waals surface area contributed by atoms with Crippen LogP contribution in [-0.2, 0) is 39.0 Å². The Balaban J connectivity index is 1.85. The Hall–Kier alpha value is -3.24. The fraction of sp³-hybridized carbons (Fsp3) is 0.333. The third-order valence-corrected chi connectivity index (χ3v) is 8.18. The summed E-state index contributed by atoms with van der Waals surface area (Å²) in [6.45, 7) is 2.46. The number of amides is 2. The highest BCUT2D eigenvalue weighted by Crippen LogP contribution is 2.19. The number of nitrogens with zero attached hydrogens (tertiary/aromatic N) is 1. The number of aliphatic hydroxyl groups is 1. The van der Waals surface area contributed by atoms with Gasteiger partial charge < -0.3 is 15.3 Å². The maximum atomic E-state index is 13.7. The molecule has 40 heavy (non-hydrogen) atoms. The molecule has 1 atom stereocenters. The average Bonchev–Trinajstić information content (AvgIpc) is 2.95. The summed E-state index contributed by atoms with van der Waals surface area (Å²) in [7, 11) is -3.56. The van der Waals surface area contributed by atoms with Gasteiger partial charge in [0.25, 0.3) is 0 Å². The molecular formula is C30H36ClN3O5S. The Labute approximate surface area is 241 Å². The lowest BCUT2D eigenvalue weighted by atomic mass is 10.0. The minimum Gasteiger partial charge on any atom is -0.396 e. The van der Waals surface area contributed by atoms with E-state index in [1.54, 1.807) is 36.1 Å². The first-order valence-corrected chi connectivity index (χ1v) is 15.1. The summed E-state index contributed by atoms with van der Waals surface area (Å²) in [4.78, 5) is 28.9. The van der Waals surface area contributed by atoms with Gasteiger partial charge in [0.05, 0.1) is 4.90 Å². The molecule has 2 amide bonds. The number of hydrogen-bond acceptors (Lipinski definition) is 5. The number of halogens is 1.